The second kappa shape index (κ2) is 4.73. The first-order chi connectivity index (χ1) is 7.16. The van der Waals surface area contributed by atoms with Gasteiger partial charge in [0, 0.05) is 4.47 Å². The van der Waals surface area contributed by atoms with E-state index in [1.807, 2.05) is 18.2 Å². The number of halogens is 2. The molecule has 1 aromatic rings. The zero-order chi connectivity index (χ0) is 10.8. The van der Waals surface area contributed by atoms with Crippen LogP contribution in [0.4, 0.5) is 5.69 Å². The van der Waals surface area contributed by atoms with E-state index in [1.165, 1.54) is 0 Å². The maximum atomic E-state index is 9.68. The molecule has 0 aromatic heterocycles. The summed E-state index contributed by atoms with van der Waals surface area (Å²) in [6.07, 6.45) is 2.72. The van der Waals surface area contributed by atoms with E-state index in [1.54, 1.807) is 0 Å². The number of rotatable bonds is 2. The molecule has 2 atom stereocenters. The molecule has 0 radical (unpaired) electrons. The van der Waals surface area contributed by atoms with Gasteiger partial charge >= 0.3 is 0 Å². The molecule has 1 fully saturated rings. The third-order valence-electron chi connectivity index (χ3n) is 2.75. The Morgan fingerprint density at radius 1 is 1.40 bits per heavy atom. The van der Waals surface area contributed by atoms with Gasteiger partial charge in [0.05, 0.1) is 22.9 Å². The maximum absolute atomic E-state index is 9.68. The second-order valence-electron chi connectivity index (χ2n) is 3.87. The highest BCUT2D eigenvalue weighted by Gasteiger charge is 2.25. The minimum atomic E-state index is -0.246. The summed E-state index contributed by atoms with van der Waals surface area (Å²) >= 11 is 9.44. The number of anilines is 1. The smallest absolute Gasteiger partial charge is 0.0741 e. The summed E-state index contributed by atoms with van der Waals surface area (Å²) in [6, 6.07) is 5.86. The summed E-state index contributed by atoms with van der Waals surface area (Å²) in [4.78, 5) is 0. The maximum Gasteiger partial charge on any atom is 0.0741 e. The molecule has 2 rings (SSSR count). The van der Waals surface area contributed by atoms with Crippen LogP contribution in [0.25, 0.3) is 0 Å². The van der Waals surface area contributed by atoms with Crippen LogP contribution in [0.2, 0.25) is 5.02 Å². The Bertz CT molecular complexity index is 358. The van der Waals surface area contributed by atoms with E-state index in [0.717, 1.165) is 29.4 Å². The first kappa shape index (κ1) is 11.2. The summed E-state index contributed by atoms with van der Waals surface area (Å²) in [5.41, 5.74) is 0.894. The molecule has 0 unspecified atom stereocenters. The summed E-state index contributed by atoms with van der Waals surface area (Å²) < 4.78 is 0.963. The van der Waals surface area contributed by atoms with Crippen molar-refractivity contribution in [2.24, 2.45) is 0 Å². The lowest BCUT2D eigenvalue weighted by Crippen LogP contribution is -2.27. The molecule has 2 nitrogen and oxygen atoms in total. The van der Waals surface area contributed by atoms with Crippen molar-refractivity contribution in [2.75, 3.05) is 5.32 Å². The number of aliphatic hydroxyl groups is 1. The number of aliphatic hydroxyl groups excluding tert-OH is 1. The lowest BCUT2D eigenvalue weighted by molar-refractivity contribution is 0.172. The van der Waals surface area contributed by atoms with Crippen LogP contribution >= 0.6 is 27.5 Å². The lowest BCUT2D eigenvalue weighted by atomic mass is 10.2. The first-order valence-electron chi connectivity index (χ1n) is 5.06. The van der Waals surface area contributed by atoms with Crippen LogP contribution in [0.5, 0.6) is 0 Å². The van der Waals surface area contributed by atoms with Gasteiger partial charge in [-0.3, -0.25) is 0 Å². The van der Waals surface area contributed by atoms with E-state index >= 15 is 0 Å². The molecule has 82 valence electrons. The fourth-order valence-corrected chi connectivity index (χ4v) is 2.64. The fraction of sp³-hybridized carbons (Fsp3) is 0.455. The summed E-state index contributed by atoms with van der Waals surface area (Å²) in [7, 11) is 0. The van der Waals surface area contributed by atoms with Gasteiger partial charge in [-0.05, 0) is 37.5 Å². The quantitative estimate of drug-likeness (QED) is 0.874. The number of hydrogen-bond acceptors (Lipinski definition) is 2. The van der Waals surface area contributed by atoms with E-state index in [9.17, 15) is 5.11 Å². The predicted molar refractivity (Wildman–Crippen MR) is 66.4 cm³/mol. The van der Waals surface area contributed by atoms with E-state index < -0.39 is 0 Å². The Morgan fingerprint density at radius 3 is 2.80 bits per heavy atom. The highest BCUT2D eigenvalue weighted by molar-refractivity contribution is 9.10. The fourth-order valence-electron chi connectivity index (χ4n) is 1.92. The Labute approximate surface area is 103 Å². The summed E-state index contributed by atoms with van der Waals surface area (Å²) in [6.45, 7) is 0. The van der Waals surface area contributed by atoms with Crippen molar-refractivity contribution in [3.05, 3.63) is 27.7 Å². The molecule has 15 heavy (non-hydrogen) atoms. The SMILES string of the molecule is O[C@@H]1CCC[C@H]1Nc1ccc(Br)cc1Cl. The minimum absolute atomic E-state index is 0.142. The minimum Gasteiger partial charge on any atom is -0.391 e. The second-order valence-corrected chi connectivity index (χ2v) is 5.20. The van der Waals surface area contributed by atoms with Crippen LogP contribution in [-0.4, -0.2) is 17.3 Å². The molecule has 0 bridgehead atoms. The normalized spacial score (nSPS) is 25.5. The van der Waals surface area contributed by atoms with Crippen LogP contribution in [0.3, 0.4) is 0 Å². The molecule has 0 saturated heterocycles. The van der Waals surface area contributed by atoms with Crippen molar-refractivity contribution in [3.63, 3.8) is 0 Å². The van der Waals surface area contributed by atoms with Gasteiger partial charge in [-0.25, -0.2) is 0 Å². The van der Waals surface area contributed by atoms with Crippen molar-refractivity contribution in [3.8, 4) is 0 Å². The molecule has 1 aromatic carbocycles. The Hall–Kier alpha value is -0.250. The van der Waals surface area contributed by atoms with Gasteiger partial charge in [-0.2, -0.15) is 0 Å². The van der Waals surface area contributed by atoms with Gasteiger partial charge in [0.1, 0.15) is 0 Å². The van der Waals surface area contributed by atoms with E-state index in [2.05, 4.69) is 21.2 Å². The van der Waals surface area contributed by atoms with Crippen LogP contribution in [0.1, 0.15) is 19.3 Å². The van der Waals surface area contributed by atoms with Crippen molar-refractivity contribution in [2.45, 2.75) is 31.4 Å². The van der Waals surface area contributed by atoms with Crippen molar-refractivity contribution < 1.29 is 5.11 Å². The van der Waals surface area contributed by atoms with Crippen LogP contribution in [0.15, 0.2) is 22.7 Å². The van der Waals surface area contributed by atoms with Gasteiger partial charge in [0.2, 0.25) is 0 Å². The number of benzene rings is 1. The average Bonchev–Trinajstić information content (AvgIpc) is 2.57. The monoisotopic (exact) mass is 289 g/mol. The number of nitrogens with one attached hydrogen (secondary N) is 1. The van der Waals surface area contributed by atoms with Crippen LogP contribution < -0.4 is 5.32 Å². The van der Waals surface area contributed by atoms with Gasteiger partial charge in [0.25, 0.3) is 0 Å². The molecular weight excluding hydrogens is 277 g/mol. The number of hydrogen-bond donors (Lipinski definition) is 2. The standard InChI is InChI=1S/C11H13BrClNO/c12-7-4-5-9(8(13)6-7)14-10-2-1-3-11(10)15/h4-6,10-11,14-15H,1-3H2/t10-,11-/m1/s1. The van der Waals surface area contributed by atoms with Crippen LogP contribution in [-0.2, 0) is 0 Å². The largest absolute Gasteiger partial charge is 0.391 e. The zero-order valence-electron chi connectivity index (χ0n) is 8.21. The predicted octanol–water partition coefficient (Wildman–Crippen LogP) is 3.43. The molecule has 1 saturated carbocycles. The first-order valence-corrected chi connectivity index (χ1v) is 6.23. The zero-order valence-corrected chi connectivity index (χ0v) is 10.6. The molecule has 4 heteroatoms. The molecule has 0 amide bonds. The molecule has 0 aliphatic heterocycles. The van der Waals surface area contributed by atoms with Gasteiger partial charge in [0.15, 0.2) is 0 Å². The van der Waals surface area contributed by atoms with Crippen molar-refractivity contribution in [1.82, 2.24) is 0 Å². The average molecular weight is 291 g/mol. The third kappa shape index (κ3) is 2.65. The molecule has 0 heterocycles. The van der Waals surface area contributed by atoms with Gasteiger partial charge < -0.3 is 10.4 Å². The lowest BCUT2D eigenvalue weighted by Gasteiger charge is -2.18. The molecule has 0 spiro atoms. The molecule has 2 N–H and O–H groups in total. The van der Waals surface area contributed by atoms with Crippen LogP contribution in [0, 0.1) is 0 Å². The molecule has 1 aliphatic rings. The topological polar surface area (TPSA) is 32.3 Å². The Balaban J connectivity index is 2.10. The van der Waals surface area contributed by atoms with Crippen molar-refractivity contribution in [1.29, 1.82) is 0 Å². The summed E-state index contributed by atoms with van der Waals surface area (Å²) in [5.74, 6) is 0. The Morgan fingerprint density at radius 2 is 2.20 bits per heavy atom. The van der Waals surface area contributed by atoms with E-state index in [-0.39, 0.29) is 12.1 Å². The molecule has 1 aliphatic carbocycles. The summed E-state index contributed by atoms with van der Waals surface area (Å²) in [5, 5.41) is 13.6. The van der Waals surface area contributed by atoms with E-state index in [4.69, 9.17) is 11.6 Å². The highest BCUT2D eigenvalue weighted by Crippen LogP contribution is 2.29. The van der Waals surface area contributed by atoms with Crippen molar-refractivity contribution >= 4 is 33.2 Å². The van der Waals surface area contributed by atoms with E-state index in [0.29, 0.717) is 5.02 Å². The molecular formula is C11H13BrClNO. The van der Waals surface area contributed by atoms with Gasteiger partial charge in [-0.15, -0.1) is 0 Å². The highest BCUT2D eigenvalue weighted by atomic mass is 79.9. The van der Waals surface area contributed by atoms with Gasteiger partial charge in [-0.1, -0.05) is 27.5 Å². The Kier molecular flexibility index (Phi) is 3.54. The third-order valence-corrected chi connectivity index (χ3v) is 3.56.